The third-order valence-electron chi connectivity index (χ3n) is 8.38. The van der Waals surface area contributed by atoms with Crippen LogP contribution in [0, 0.1) is 96.9 Å². The van der Waals surface area contributed by atoms with Gasteiger partial charge in [-0.1, -0.05) is 121 Å². The van der Waals surface area contributed by atoms with Gasteiger partial charge in [-0.25, -0.2) is 24.9 Å². The predicted molar refractivity (Wildman–Crippen MR) is 265 cm³/mol. The van der Waals surface area contributed by atoms with Crippen LogP contribution in [0.1, 0.15) is 135 Å². The van der Waals surface area contributed by atoms with Crippen molar-refractivity contribution in [2.75, 3.05) is 0 Å². The lowest BCUT2D eigenvalue weighted by Crippen LogP contribution is -1.97. The van der Waals surface area contributed by atoms with Gasteiger partial charge < -0.3 is 4.57 Å². The Balaban J connectivity index is 0. The van der Waals surface area contributed by atoms with Gasteiger partial charge in [0.1, 0.15) is 23.3 Å². The minimum atomic E-state index is 0.792. The van der Waals surface area contributed by atoms with Gasteiger partial charge in [0.25, 0.3) is 0 Å². The molecule has 0 unspecified atom stereocenters. The van der Waals surface area contributed by atoms with Gasteiger partial charge in [-0.3, -0.25) is 4.98 Å². The van der Waals surface area contributed by atoms with Crippen molar-refractivity contribution >= 4 is 21.8 Å². The first kappa shape index (κ1) is 56.8. The van der Waals surface area contributed by atoms with Crippen LogP contribution in [0.4, 0.5) is 0 Å². The van der Waals surface area contributed by atoms with Crippen LogP contribution < -0.4 is 0 Å². The number of fused-ring (bicyclic) bond motifs is 3. The minimum absolute atomic E-state index is 0.792. The number of aryl methyl sites for hydroxylation is 14. The average molecular weight is 816 g/mol. The number of aromatic nitrogens is 7. The number of rotatable bonds is 0. The Morgan fingerprint density at radius 3 is 1.08 bits per heavy atom. The van der Waals surface area contributed by atoms with E-state index in [-0.39, 0.29) is 0 Å². The molecule has 4 heterocycles. The summed E-state index contributed by atoms with van der Waals surface area (Å²) in [5.74, 6) is 3.24. The number of para-hydroxylation sites is 1. The van der Waals surface area contributed by atoms with Crippen LogP contribution in [0.3, 0.4) is 0 Å². The molecule has 0 aliphatic heterocycles. The molecule has 0 radical (unpaired) electrons. The summed E-state index contributed by atoms with van der Waals surface area (Å²) in [5, 5.41) is 2.69. The van der Waals surface area contributed by atoms with E-state index in [0.717, 1.165) is 46.1 Å². The molecule has 0 aliphatic rings. The zero-order chi connectivity index (χ0) is 46.7. The van der Waals surface area contributed by atoms with Gasteiger partial charge in [0.05, 0.1) is 0 Å². The van der Waals surface area contributed by atoms with Crippen molar-refractivity contribution in [3.05, 3.63) is 152 Å². The Morgan fingerprint density at radius 1 is 0.333 bits per heavy atom. The molecular weight excluding hydrogens is 735 g/mol. The molecule has 0 aliphatic carbocycles. The molecule has 0 saturated carbocycles. The van der Waals surface area contributed by atoms with E-state index in [2.05, 4.69) is 149 Å². The van der Waals surface area contributed by atoms with Gasteiger partial charge in [0.15, 0.2) is 0 Å². The Kier molecular flexibility index (Phi) is 29.1. The maximum Gasteiger partial charge on any atom is 0.129 e. The first-order valence-electron chi connectivity index (χ1n) is 21.8. The largest absolute Gasteiger partial charge is 0.344 e. The Morgan fingerprint density at radius 2 is 0.683 bits per heavy atom. The molecule has 0 amide bonds. The first-order chi connectivity index (χ1) is 28.4. The highest BCUT2D eigenvalue weighted by Gasteiger charge is 2.06. The lowest BCUT2D eigenvalue weighted by Gasteiger charge is -2.02. The van der Waals surface area contributed by atoms with E-state index in [1.165, 1.54) is 55.2 Å². The van der Waals surface area contributed by atoms with Crippen molar-refractivity contribution in [1.29, 1.82) is 0 Å². The zero-order valence-electron chi connectivity index (χ0n) is 42.1. The smallest absolute Gasteiger partial charge is 0.129 e. The maximum atomic E-state index is 4.23. The highest BCUT2D eigenvalue weighted by atomic mass is 15.0. The predicted octanol–water partition coefficient (Wildman–Crippen LogP) is 14.9. The van der Waals surface area contributed by atoms with Crippen molar-refractivity contribution in [2.45, 2.75) is 152 Å². The second-order valence-electron chi connectivity index (χ2n) is 13.7. The van der Waals surface area contributed by atoms with Crippen LogP contribution in [-0.2, 0) is 7.05 Å². The van der Waals surface area contributed by atoms with E-state index >= 15 is 0 Å². The molecule has 3 aromatic carbocycles. The standard InChI is InChI=1S/C14H13N.C9H12.C8H12N2.C8H11N.C6H9N3.4C2H6/c1-10-7-8-12-11-5-3-4-6-13(11)15(2)14(12)9-10;1-7-4-8(2)6-9(3)5-7;1-5-6(2)9-8(4)10-7(5)3;1-6-4-7(2)9-8(3)5-6;1-4-7-5(2)9-6(3)8-4;4*1-2/h3-9H,1-2H3;4-6H,1-3H3;1-4H3;4-5H,1-3H3;1-3H3;4*1-2H3. The van der Waals surface area contributed by atoms with Gasteiger partial charge in [-0.05, 0) is 138 Å². The normalized spacial score (nSPS) is 9.25. The molecule has 7 aromatic rings. The molecule has 0 bridgehead atoms. The summed E-state index contributed by atoms with van der Waals surface area (Å²) < 4.78 is 2.26. The third kappa shape index (κ3) is 20.6. The number of nitrogens with zero attached hydrogens (tertiary/aromatic N) is 7. The molecule has 7 nitrogen and oxygen atoms in total. The fourth-order valence-corrected chi connectivity index (χ4v) is 6.23. The SMILES string of the molecule is CC.CC.CC.CC.Cc1cc(C)cc(C)c1.Cc1cc(C)nc(C)c1.Cc1ccc2c3ccccc3n(C)c2c1.Cc1nc(C)c(C)c(C)n1.Cc1nc(C)nc(C)n1. The second kappa shape index (κ2) is 30.7. The topological polar surface area (TPSA) is 82.3 Å². The summed E-state index contributed by atoms with van der Waals surface area (Å²) in [6.07, 6.45) is 0. The van der Waals surface area contributed by atoms with Crippen LogP contribution in [-0.4, -0.2) is 34.5 Å². The average Bonchev–Trinajstić information content (AvgIpc) is 3.47. The maximum absolute atomic E-state index is 4.23. The van der Waals surface area contributed by atoms with Gasteiger partial charge in [-0.2, -0.15) is 0 Å². The summed E-state index contributed by atoms with van der Waals surface area (Å²) >= 11 is 0. The van der Waals surface area contributed by atoms with E-state index in [4.69, 9.17) is 0 Å². The minimum Gasteiger partial charge on any atom is -0.344 e. The zero-order valence-corrected chi connectivity index (χ0v) is 42.1. The molecule has 328 valence electrons. The number of pyridine rings is 1. The monoisotopic (exact) mass is 816 g/mol. The van der Waals surface area contributed by atoms with E-state index in [0.29, 0.717) is 0 Å². The van der Waals surface area contributed by atoms with Gasteiger partial charge in [-0.15, -0.1) is 0 Å². The van der Waals surface area contributed by atoms with Crippen LogP contribution in [0.2, 0.25) is 0 Å². The molecule has 0 fully saturated rings. The quantitative estimate of drug-likeness (QED) is 0.152. The molecule has 0 saturated heterocycles. The number of hydrogen-bond acceptors (Lipinski definition) is 6. The fraction of sp³-hybridized carbons (Fsp3) is 0.434. The van der Waals surface area contributed by atoms with Crippen LogP contribution in [0.25, 0.3) is 21.8 Å². The van der Waals surface area contributed by atoms with Crippen molar-refractivity contribution in [1.82, 2.24) is 34.5 Å². The fourth-order valence-electron chi connectivity index (χ4n) is 6.23. The lowest BCUT2D eigenvalue weighted by molar-refractivity contribution is 0.875. The summed E-state index contributed by atoms with van der Waals surface area (Å²) in [4.78, 5) is 24.7. The lowest BCUT2D eigenvalue weighted by atomic mass is 10.1. The molecule has 0 spiro atoms. The molecule has 60 heavy (non-hydrogen) atoms. The summed E-state index contributed by atoms with van der Waals surface area (Å²) in [6, 6.07) is 25.9. The van der Waals surface area contributed by atoms with Crippen LogP contribution in [0.15, 0.2) is 72.8 Å². The highest BCUT2D eigenvalue weighted by Crippen LogP contribution is 2.28. The Bertz CT molecular complexity index is 1970. The molecule has 0 atom stereocenters. The van der Waals surface area contributed by atoms with Crippen LogP contribution in [0.5, 0.6) is 0 Å². The number of benzene rings is 3. The van der Waals surface area contributed by atoms with Crippen molar-refractivity contribution in [3.8, 4) is 0 Å². The van der Waals surface area contributed by atoms with Gasteiger partial charge >= 0.3 is 0 Å². The van der Waals surface area contributed by atoms with Crippen molar-refractivity contribution < 1.29 is 0 Å². The first-order valence-corrected chi connectivity index (χ1v) is 21.8. The molecule has 4 aromatic heterocycles. The van der Waals surface area contributed by atoms with Crippen molar-refractivity contribution in [3.63, 3.8) is 0 Å². The molecular formula is C53H81N7. The Labute approximate surface area is 366 Å². The third-order valence-corrected chi connectivity index (χ3v) is 8.38. The Hall–Kier alpha value is -5.30. The van der Waals surface area contributed by atoms with E-state index in [1.807, 2.05) is 118 Å². The summed E-state index contributed by atoms with van der Waals surface area (Å²) in [6.45, 7) is 44.2. The molecule has 0 N–H and O–H groups in total. The van der Waals surface area contributed by atoms with Gasteiger partial charge in [0, 0.05) is 51.6 Å². The van der Waals surface area contributed by atoms with E-state index in [1.54, 1.807) is 0 Å². The second-order valence-corrected chi connectivity index (χ2v) is 13.7. The molecule has 7 rings (SSSR count). The van der Waals surface area contributed by atoms with E-state index in [9.17, 15) is 0 Å². The summed E-state index contributed by atoms with van der Waals surface area (Å²) in [7, 11) is 2.13. The van der Waals surface area contributed by atoms with Gasteiger partial charge in [0.2, 0.25) is 0 Å². The molecule has 7 heteroatoms. The van der Waals surface area contributed by atoms with Crippen molar-refractivity contribution in [2.24, 2.45) is 7.05 Å². The highest BCUT2D eigenvalue weighted by molar-refractivity contribution is 6.08. The number of hydrogen-bond donors (Lipinski definition) is 0. The summed E-state index contributed by atoms with van der Waals surface area (Å²) in [5.41, 5.74) is 14.9. The van der Waals surface area contributed by atoms with Crippen LogP contribution >= 0.6 is 0 Å². The van der Waals surface area contributed by atoms with E-state index < -0.39 is 0 Å².